The van der Waals surface area contributed by atoms with Crippen molar-refractivity contribution in [2.24, 2.45) is 0 Å². The fourth-order valence-electron chi connectivity index (χ4n) is 3.37. The van der Waals surface area contributed by atoms with E-state index in [4.69, 9.17) is 4.98 Å². The minimum atomic E-state index is 0.0275. The van der Waals surface area contributed by atoms with E-state index in [-0.39, 0.29) is 5.91 Å². The van der Waals surface area contributed by atoms with Crippen molar-refractivity contribution in [3.05, 3.63) is 89.2 Å². The molecule has 30 heavy (non-hydrogen) atoms. The van der Waals surface area contributed by atoms with Gasteiger partial charge in [0.2, 0.25) is 5.91 Å². The summed E-state index contributed by atoms with van der Waals surface area (Å²) in [6.07, 6.45) is 4.07. The molecule has 0 spiro atoms. The lowest BCUT2D eigenvalue weighted by Crippen LogP contribution is -2.32. The number of hydrogen-bond acceptors (Lipinski definition) is 4. The topological polar surface area (TPSA) is 46.1 Å². The van der Waals surface area contributed by atoms with Gasteiger partial charge in [-0.1, -0.05) is 61.6 Å². The van der Waals surface area contributed by atoms with Gasteiger partial charge in [0.05, 0.1) is 28.9 Å². The maximum Gasteiger partial charge on any atom is 0.233 e. The van der Waals surface area contributed by atoms with Crippen LogP contribution < -0.4 is 4.90 Å². The summed E-state index contributed by atoms with van der Waals surface area (Å²) < 4.78 is 1.11. The van der Waals surface area contributed by atoms with E-state index in [0.29, 0.717) is 13.0 Å². The molecule has 0 bridgehead atoms. The molecule has 0 unspecified atom stereocenters. The SMILES string of the molecule is CCc1ccc(CC(=O)N(Cc2ccccn2)c2nc3ccc(CC)cc3s2)cc1. The van der Waals surface area contributed by atoms with Gasteiger partial charge in [-0.25, -0.2) is 4.98 Å². The Morgan fingerprint density at radius 1 is 0.933 bits per heavy atom. The van der Waals surface area contributed by atoms with Gasteiger partial charge in [0.1, 0.15) is 0 Å². The Bertz CT molecular complexity index is 1140. The van der Waals surface area contributed by atoms with E-state index in [1.165, 1.54) is 11.1 Å². The number of aromatic nitrogens is 2. The third-order valence-corrected chi connectivity index (χ3v) is 6.26. The number of nitrogens with zero attached hydrogens (tertiary/aromatic N) is 3. The monoisotopic (exact) mass is 415 g/mol. The van der Waals surface area contributed by atoms with Crippen molar-refractivity contribution in [2.75, 3.05) is 4.90 Å². The zero-order valence-electron chi connectivity index (χ0n) is 17.3. The quantitative estimate of drug-likeness (QED) is 0.395. The zero-order chi connectivity index (χ0) is 20.9. The Kier molecular flexibility index (Phi) is 6.19. The lowest BCUT2D eigenvalue weighted by atomic mass is 10.1. The van der Waals surface area contributed by atoms with E-state index in [1.54, 1.807) is 22.4 Å². The molecule has 0 aliphatic heterocycles. The molecule has 0 fully saturated rings. The van der Waals surface area contributed by atoms with Crippen LogP contribution >= 0.6 is 11.3 Å². The average Bonchev–Trinajstić information content (AvgIpc) is 3.21. The fraction of sp³-hybridized carbons (Fsp3) is 0.240. The largest absolute Gasteiger partial charge is 0.282 e. The van der Waals surface area contributed by atoms with Crippen LogP contribution in [0, 0.1) is 0 Å². The van der Waals surface area contributed by atoms with E-state index in [0.717, 1.165) is 39.4 Å². The first kappa shape index (κ1) is 20.2. The van der Waals surface area contributed by atoms with Crippen LogP contribution in [0.5, 0.6) is 0 Å². The molecule has 2 aromatic heterocycles. The maximum absolute atomic E-state index is 13.3. The van der Waals surface area contributed by atoms with Crippen molar-refractivity contribution in [3.8, 4) is 0 Å². The molecule has 4 nitrogen and oxygen atoms in total. The summed E-state index contributed by atoms with van der Waals surface area (Å²) in [6, 6.07) is 20.4. The molecule has 4 rings (SSSR count). The number of carbonyl (C=O) groups excluding carboxylic acids is 1. The first-order chi connectivity index (χ1) is 14.7. The molecule has 0 saturated heterocycles. The van der Waals surface area contributed by atoms with Crippen molar-refractivity contribution in [1.29, 1.82) is 0 Å². The number of fused-ring (bicyclic) bond motifs is 1. The number of anilines is 1. The van der Waals surface area contributed by atoms with Crippen LogP contribution in [-0.2, 0) is 30.6 Å². The van der Waals surface area contributed by atoms with Gasteiger partial charge in [-0.2, -0.15) is 0 Å². The summed E-state index contributed by atoms with van der Waals surface area (Å²) in [5.41, 5.74) is 5.34. The number of amides is 1. The molecule has 0 aliphatic carbocycles. The van der Waals surface area contributed by atoms with Crippen molar-refractivity contribution in [1.82, 2.24) is 9.97 Å². The van der Waals surface area contributed by atoms with Gasteiger partial charge in [0.25, 0.3) is 0 Å². The van der Waals surface area contributed by atoms with Crippen LogP contribution in [-0.4, -0.2) is 15.9 Å². The Morgan fingerprint density at radius 2 is 1.67 bits per heavy atom. The molecule has 0 saturated carbocycles. The summed E-state index contributed by atoms with van der Waals surface area (Å²) >= 11 is 1.57. The Labute approximate surface area is 181 Å². The molecule has 0 radical (unpaired) electrons. The molecule has 5 heteroatoms. The van der Waals surface area contributed by atoms with E-state index < -0.39 is 0 Å². The third-order valence-electron chi connectivity index (χ3n) is 5.21. The van der Waals surface area contributed by atoms with Crippen molar-refractivity contribution < 1.29 is 4.79 Å². The van der Waals surface area contributed by atoms with Gasteiger partial charge in [0, 0.05) is 6.20 Å². The number of hydrogen-bond donors (Lipinski definition) is 0. The summed E-state index contributed by atoms with van der Waals surface area (Å²) in [4.78, 5) is 24.3. The predicted octanol–water partition coefficient (Wildman–Crippen LogP) is 5.59. The van der Waals surface area contributed by atoms with E-state index in [2.05, 4.69) is 43.1 Å². The van der Waals surface area contributed by atoms with Crippen LogP contribution in [0.4, 0.5) is 5.13 Å². The van der Waals surface area contributed by atoms with Crippen molar-refractivity contribution in [2.45, 2.75) is 39.7 Å². The number of carbonyl (C=O) groups is 1. The Hall–Kier alpha value is -3.05. The van der Waals surface area contributed by atoms with E-state index in [9.17, 15) is 4.79 Å². The smallest absolute Gasteiger partial charge is 0.233 e. The molecule has 0 atom stereocenters. The number of aryl methyl sites for hydroxylation is 2. The summed E-state index contributed by atoms with van der Waals surface area (Å²) in [5.74, 6) is 0.0275. The molecule has 2 heterocycles. The standard InChI is InChI=1S/C25H25N3OS/c1-3-18-8-10-20(11-9-18)16-24(29)28(17-21-7-5-6-14-26-21)25-27-22-13-12-19(4-2)15-23(22)30-25/h5-15H,3-4,16-17H2,1-2H3. The Morgan fingerprint density at radius 3 is 2.37 bits per heavy atom. The molecule has 0 N–H and O–H groups in total. The van der Waals surface area contributed by atoms with Crippen molar-refractivity contribution in [3.63, 3.8) is 0 Å². The average molecular weight is 416 g/mol. The van der Waals surface area contributed by atoms with Crippen LogP contribution in [0.1, 0.15) is 36.2 Å². The van der Waals surface area contributed by atoms with Crippen LogP contribution in [0.3, 0.4) is 0 Å². The maximum atomic E-state index is 13.3. The van der Waals surface area contributed by atoms with Gasteiger partial charge < -0.3 is 0 Å². The second-order valence-electron chi connectivity index (χ2n) is 7.30. The van der Waals surface area contributed by atoms with E-state index in [1.807, 2.05) is 36.4 Å². The highest BCUT2D eigenvalue weighted by molar-refractivity contribution is 7.22. The number of thiazole rings is 1. The number of benzene rings is 2. The lowest BCUT2D eigenvalue weighted by molar-refractivity contribution is -0.118. The third kappa shape index (κ3) is 4.57. The number of pyridine rings is 1. The lowest BCUT2D eigenvalue weighted by Gasteiger charge is -2.19. The van der Waals surface area contributed by atoms with Crippen molar-refractivity contribution >= 4 is 32.6 Å². The van der Waals surface area contributed by atoms with Gasteiger partial charge in [-0.05, 0) is 53.8 Å². The van der Waals surface area contributed by atoms with Crippen LogP contribution in [0.25, 0.3) is 10.2 Å². The molecular weight excluding hydrogens is 390 g/mol. The molecule has 2 aromatic carbocycles. The highest BCUT2D eigenvalue weighted by Gasteiger charge is 2.21. The van der Waals surface area contributed by atoms with Gasteiger partial charge in [0.15, 0.2) is 5.13 Å². The first-order valence-electron chi connectivity index (χ1n) is 10.3. The molecule has 0 aliphatic rings. The molecule has 1 amide bonds. The fourth-order valence-corrected chi connectivity index (χ4v) is 4.42. The van der Waals surface area contributed by atoms with Gasteiger partial charge in [-0.15, -0.1) is 0 Å². The minimum Gasteiger partial charge on any atom is -0.282 e. The highest BCUT2D eigenvalue weighted by atomic mass is 32.1. The normalized spacial score (nSPS) is 11.0. The minimum absolute atomic E-state index is 0.0275. The summed E-state index contributed by atoms with van der Waals surface area (Å²) in [6.45, 7) is 4.68. The van der Waals surface area contributed by atoms with Crippen LogP contribution in [0.2, 0.25) is 0 Å². The predicted molar refractivity (Wildman–Crippen MR) is 124 cm³/mol. The molecule has 4 aromatic rings. The van der Waals surface area contributed by atoms with Gasteiger partial charge >= 0.3 is 0 Å². The molecular formula is C25H25N3OS. The van der Waals surface area contributed by atoms with Crippen LogP contribution in [0.15, 0.2) is 66.9 Å². The van der Waals surface area contributed by atoms with E-state index >= 15 is 0 Å². The second kappa shape index (κ2) is 9.18. The highest BCUT2D eigenvalue weighted by Crippen LogP contribution is 2.31. The Balaban J connectivity index is 1.65. The van der Waals surface area contributed by atoms with Gasteiger partial charge in [-0.3, -0.25) is 14.7 Å². The molecule has 152 valence electrons. The summed E-state index contributed by atoms with van der Waals surface area (Å²) in [7, 11) is 0. The second-order valence-corrected chi connectivity index (χ2v) is 8.31. The zero-order valence-corrected chi connectivity index (χ0v) is 18.2. The first-order valence-corrected chi connectivity index (χ1v) is 11.2. The summed E-state index contributed by atoms with van der Waals surface area (Å²) in [5, 5.41) is 0.721. The number of rotatable bonds is 7.